The zero-order valence-electron chi connectivity index (χ0n) is 8.60. The number of nitrogens with one attached hydrogen (secondary N) is 1. The molecule has 1 aromatic heterocycles. The fraction of sp³-hybridized carbons (Fsp3) is 0.500. The predicted octanol–water partition coefficient (Wildman–Crippen LogP) is 0.445. The summed E-state index contributed by atoms with van der Waals surface area (Å²) >= 11 is 0. The lowest BCUT2D eigenvalue weighted by Gasteiger charge is -2.03. The third-order valence-corrected chi connectivity index (χ3v) is 2.71. The maximum atomic E-state index is 11.5. The molecule has 2 atom stereocenters. The Balaban J connectivity index is 1.87. The Kier molecular flexibility index (Phi) is 2.53. The standard InChI is InChI=1S/C10H14N4O/c1-6-2-7(6)3-14-10(15)8-4-13-9(11)5-12-8/h4-7H,2-3H2,1H3,(H2,11,13)(H,14,15). The number of carbonyl (C=O) groups excluding carboxylic acids is 1. The van der Waals surface area contributed by atoms with Crippen LogP contribution in [-0.4, -0.2) is 22.4 Å². The normalized spacial score (nSPS) is 23.5. The van der Waals surface area contributed by atoms with Gasteiger partial charge in [0.2, 0.25) is 0 Å². The van der Waals surface area contributed by atoms with Crippen LogP contribution < -0.4 is 11.1 Å². The third-order valence-electron chi connectivity index (χ3n) is 2.71. The smallest absolute Gasteiger partial charge is 0.271 e. The van der Waals surface area contributed by atoms with Crippen molar-refractivity contribution in [2.45, 2.75) is 13.3 Å². The largest absolute Gasteiger partial charge is 0.382 e. The summed E-state index contributed by atoms with van der Waals surface area (Å²) in [5.41, 5.74) is 5.69. The Morgan fingerprint density at radius 3 is 2.87 bits per heavy atom. The summed E-state index contributed by atoms with van der Waals surface area (Å²) in [6, 6.07) is 0. The van der Waals surface area contributed by atoms with Gasteiger partial charge in [0, 0.05) is 6.54 Å². The topological polar surface area (TPSA) is 80.9 Å². The van der Waals surface area contributed by atoms with Gasteiger partial charge in [-0.05, 0) is 18.3 Å². The second kappa shape index (κ2) is 3.84. The van der Waals surface area contributed by atoms with Crippen molar-refractivity contribution in [1.82, 2.24) is 15.3 Å². The zero-order chi connectivity index (χ0) is 10.8. The molecule has 1 fully saturated rings. The van der Waals surface area contributed by atoms with Gasteiger partial charge in [-0.1, -0.05) is 6.92 Å². The van der Waals surface area contributed by atoms with Gasteiger partial charge in [0.15, 0.2) is 0 Å². The first-order valence-electron chi connectivity index (χ1n) is 5.02. The number of anilines is 1. The molecule has 0 radical (unpaired) electrons. The van der Waals surface area contributed by atoms with Crippen LogP contribution >= 0.6 is 0 Å². The minimum atomic E-state index is -0.179. The minimum absolute atomic E-state index is 0.179. The first-order valence-corrected chi connectivity index (χ1v) is 5.02. The highest BCUT2D eigenvalue weighted by Crippen LogP contribution is 2.36. The summed E-state index contributed by atoms with van der Waals surface area (Å²) in [4.78, 5) is 19.2. The van der Waals surface area contributed by atoms with Gasteiger partial charge in [0.25, 0.3) is 5.91 Å². The maximum Gasteiger partial charge on any atom is 0.271 e. The van der Waals surface area contributed by atoms with E-state index in [-0.39, 0.29) is 5.91 Å². The van der Waals surface area contributed by atoms with Gasteiger partial charge in [-0.2, -0.15) is 0 Å². The van der Waals surface area contributed by atoms with Crippen LogP contribution in [0.5, 0.6) is 0 Å². The molecule has 0 saturated heterocycles. The van der Waals surface area contributed by atoms with E-state index in [0.717, 1.165) is 12.5 Å². The van der Waals surface area contributed by atoms with Gasteiger partial charge in [-0.15, -0.1) is 0 Å². The number of rotatable bonds is 3. The van der Waals surface area contributed by atoms with E-state index in [9.17, 15) is 4.79 Å². The van der Waals surface area contributed by atoms with E-state index in [1.54, 1.807) is 0 Å². The van der Waals surface area contributed by atoms with E-state index in [4.69, 9.17) is 5.73 Å². The number of amides is 1. The molecule has 2 unspecified atom stereocenters. The number of aromatic nitrogens is 2. The Morgan fingerprint density at radius 1 is 1.60 bits per heavy atom. The van der Waals surface area contributed by atoms with Crippen LogP contribution in [0.25, 0.3) is 0 Å². The van der Waals surface area contributed by atoms with Crippen molar-refractivity contribution >= 4 is 11.7 Å². The number of hydrogen-bond acceptors (Lipinski definition) is 4. The van der Waals surface area contributed by atoms with Crippen molar-refractivity contribution in [1.29, 1.82) is 0 Å². The van der Waals surface area contributed by atoms with Crippen molar-refractivity contribution in [3.63, 3.8) is 0 Å². The average Bonchev–Trinajstić information content (AvgIpc) is 2.92. The predicted molar refractivity (Wildman–Crippen MR) is 56.0 cm³/mol. The number of nitrogens with zero attached hydrogens (tertiary/aromatic N) is 2. The molecule has 3 N–H and O–H groups in total. The van der Waals surface area contributed by atoms with Crippen LogP contribution in [0.4, 0.5) is 5.82 Å². The summed E-state index contributed by atoms with van der Waals surface area (Å²) in [7, 11) is 0. The summed E-state index contributed by atoms with van der Waals surface area (Å²) in [6.45, 7) is 2.91. The SMILES string of the molecule is CC1CC1CNC(=O)c1cnc(N)cn1. The molecule has 0 aliphatic heterocycles. The molecule has 1 heterocycles. The Bertz CT molecular complexity index is 362. The first-order chi connectivity index (χ1) is 7.16. The monoisotopic (exact) mass is 206 g/mol. The van der Waals surface area contributed by atoms with E-state index in [1.165, 1.54) is 18.8 Å². The molecular weight excluding hydrogens is 192 g/mol. The molecule has 2 rings (SSSR count). The van der Waals surface area contributed by atoms with Gasteiger partial charge >= 0.3 is 0 Å². The van der Waals surface area contributed by atoms with Crippen molar-refractivity contribution in [2.24, 2.45) is 11.8 Å². The number of nitrogens with two attached hydrogens (primary N) is 1. The lowest BCUT2D eigenvalue weighted by molar-refractivity contribution is 0.0946. The van der Waals surface area contributed by atoms with Gasteiger partial charge in [0.1, 0.15) is 11.5 Å². The Labute approximate surface area is 88.1 Å². The second-order valence-electron chi connectivity index (χ2n) is 4.01. The molecule has 0 aromatic carbocycles. The Morgan fingerprint density at radius 2 is 2.33 bits per heavy atom. The first kappa shape index (κ1) is 9.89. The molecule has 0 bridgehead atoms. The van der Waals surface area contributed by atoms with Crippen LogP contribution in [-0.2, 0) is 0 Å². The molecule has 1 amide bonds. The second-order valence-corrected chi connectivity index (χ2v) is 4.01. The van der Waals surface area contributed by atoms with Crippen molar-refractivity contribution in [3.05, 3.63) is 18.1 Å². The van der Waals surface area contributed by atoms with Crippen LogP contribution in [0.3, 0.4) is 0 Å². The molecule has 1 aliphatic rings. The lowest BCUT2D eigenvalue weighted by atomic mass is 10.3. The molecule has 80 valence electrons. The fourth-order valence-corrected chi connectivity index (χ4v) is 1.45. The van der Waals surface area contributed by atoms with Gasteiger partial charge in [-0.3, -0.25) is 4.79 Å². The number of carbonyl (C=O) groups is 1. The van der Waals surface area contributed by atoms with Crippen molar-refractivity contribution < 1.29 is 4.79 Å². The van der Waals surface area contributed by atoms with Crippen molar-refractivity contribution in [2.75, 3.05) is 12.3 Å². The highest BCUT2D eigenvalue weighted by atomic mass is 16.1. The van der Waals surface area contributed by atoms with E-state index in [0.29, 0.717) is 17.4 Å². The van der Waals surface area contributed by atoms with Crippen molar-refractivity contribution in [3.8, 4) is 0 Å². The molecule has 5 heteroatoms. The minimum Gasteiger partial charge on any atom is -0.382 e. The molecule has 1 aromatic rings. The molecule has 1 saturated carbocycles. The quantitative estimate of drug-likeness (QED) is 0.752. The average molecular weight is 206 g/mol. The van der Waals surface area contributed by atoms with Crippen LogP contribution in [0.1, 0.15) is 23.8 Å². The molecule has 5 nitrogen and oxygen atoms in total. The summed E-state index contributed by atoms with van der Waals surface area (Å²) < 4.78 is 0. The highest BCUT2D eigenvalue weighted by Gasteiger charge is 2.32. The van der Waals surface area contributed by atoms with E-state index in [2.05, 4.69) is 22.2 Å². The number of nitrogen functional groups attached to an aromatic ring is 1. The van der Waals surface area contributed by atoms with Crippen LogP contribution in [0.2, 0.25) is 0 Å². The highest BCUT2D eigenvalue weighted by molar-refractivity contribution is 5.91. The molecule has 1 aliphatic carbocycles. The summed E-state index contributed by atoms with van der Waals surface area (Å²) in [5, 5.41) is 2.83. The van der Waals surface area contributed by atoms with E-state index in [1.807, 2.05) is 0 Å². The maximum absolute atomic E-state index is 11.5. The zero-order valence-corrected chi connectivity index (χ0v) is 8.60. The van der Waals surface area contributed by atoms with E-state index < -0.39 is 0 Å². The third kappa shape index (κ3) is 2.43. The number of hydrogen-bond donors (Lipinski definition) is 2. The fourth-order valence-electron chi connectivity index (χ4n) is 1.45. The van der Waals surface area contributed by atoms with Crippen LogP contribution in [0.15, 0.2) is 12.4 Å². The summed E-state index contributed by atoms with van der Waals surface area (Å²) in [6.07, 6.45) is 3.98. The molecule has 0 spiro atoms. The van der Waals surface area contributed by atoms with E-state index >= 15 is 0 Å². The molecular formula is C10H14N4O. The lowest BCUT2D eigenvalue weighted by Crippen LogP contribution is -2.26. The van der Waals surface area contributed by atoms with Gasteiger partial charge in [-0.25, -0.2) is 9.97 Å². The van der Waals surface area contributed by atoms with Crippen LogP contribution in [0, 0.1) is 11.8 Å². The summed E-state index contributed by atoms with van der Waals surface area (Å²) in [5.74, 6) is 1.52. The van der Waals surface area contributed by atoms with Gasteiger partial charge < -0.3 is 11.1 Å². The molecule has 15 heavy (non-hydrogen) atoms. The van der Waals surface area contributed by atoms with Gasteiger partial charge in [0.05, 0.1) is 12.4 Å². The Hall–Kier alpha value is -1.65.